The molecule has 1 unspecified atom stereocenters. The molecule has 0 fully saturated rings. The minimum atomic E-state index is -4.77. The van der Waals surface area contributed by atoms with Crippen LogP contribution in [0.15, 0.2) is 23.5 Å². The zero-order valence-corrected chi connectivity index (χ0v) is 10.1. The molecule has 1 aliphatic carbocycles. The van der Waals surface area contributed by atoms with Crippen LogP contribution in [0.3, 0.4) is 0 Å². The van der Waals surface area contributed by atoms with Crippen molar-refractivity contribution in [2.75, 3.05) is 0 Å². The van der Waals surface area contributed by atoms with Gasteiger partial charge in [0.25, 0.3) is 0 Å². The highest BCUT2D eigenvalue weighted by atomic mass is 35.5. The Morgan fingerprint density at radius 3 is 2.53 bits per heavy atom. The van der Waals surface area contributed by atoms with Crippen molar-refractivity contribution < 1.29 is 17.9 Å². The van der Waals surface area contributed by atoms with Gasteiger partial charge in [0.2, 0.25) is 0 Å². The first-order valence-electron chi connectivity index (χ1n) is 4.89. The molecule has 0 aromatic carbocycles. The van der Waals surface area contributed by atoms with Gasteiger partial charge in [-0.15, -0.1) is 24.8 Å². The molecule has 0 heterocycles. The summed E-state index contributed by atoms with van der Waals surface area (Å²) in [5.74, 6) is -0.361. The lowest BCUT2D eigenvalue weighted by molar-refractivity contribution is -0.306. The van der Waals surface area contributed by atoms with Crippen molar-refractivity contribution in [2.45, 2.75) is 32.0 Å². The van der Waals surface area contributed by atoms with Crippen LogP contribution in [0.5, 0.6) is 0 Å². The van der Waals surface area contributed by atoms with Crippen molar-refractivity contribution in [1.29, 1.82) is 5.26 Å². The Morgan fingerprint density at radius 2 is 2.06 bits per heavy atom. The van der Waals surface area contributed by atoms with E-state index in [0.717, 1.165) is 0 Å². The third-order valence-corrected chi connectivity index (χ3v) is 2.78. The Morgan fingerprint density at radius 1 is 1.47 bits per heavy atom. The van der Waals surface area contributed by atoms with Crippen LogP contribution < -0.4 is 0 Å². The van der Waals surface area contributed by atoms with E-state index in [4.69, 9.17) is 16.9 Å². The number of hydrogen-bond acceptors (Lipinski definition) is 2. The molecule has 1 rings (SSSR count). The van der Waals surface area contributed by atoms with E-state index >= 15 is 0 Å². The van der Waals surface area contributed by atoms with Gasteiger partial charge in [0.15, 0.2) is 0 Å². The third-order valence-electron chi connectivity index (χ3n) is 2.39. The van der Waals surface area contributed by atoms with Gasteiger partial charge in [-0.2, -0.15) is 5.26 Å². The van der Waals surface area contributed by atoms with Gasteiger partial charge in [0.1, 0.15) is 5.76 Å². The molecular formula is C11H11ClF3NO. The molecule has 1 atom stereocenters. The van der Waals surface area contributed by atoms with Crippen molar-refractivity contribution in [3.05, 3.63) is 23.5 Å². The lowest BCUT2D eigenvalue weighted by Crippen LogP contribution is -2.22. The van der Waals surface area contributed by atoms with Gasteiger partial charge in [-0.25, -0.2) is 0 Å². The zero-order chi connectivity index (χ0) is 13.3. The van der Waals surface area contributed by atoms with Crippen LogP contribution in [0.25, 0.3) is 0 Å². The first-order chi connectivity index (χ1) is 7.65. The first-order valence-corrected chi connectivity index (χ1v) is 5.32. The fourth-order valence-corrected chi connectivity index (χ4v) is 1.57. The maximum atomic E-state index is 12.1. The Balaban J connectivity index is 2.98. The first kappa shape index (κ1) is 13.9. The molecule has 0 bridgehead atoms. The molecule has 17 heavy (non-hydrogen) atoms. The number of rotatable bonds is 2. The molecular weight excluding hydrogens is 255 g/mol. The van der Waals surface area contributed by atoms with E-state index in [0.29, 0.717) is 5.57 Å². The lowest BCUT2D eigenvalue weighted by atomic mass is 9.82. The van der Waals surface area contributed by atoms with E-state index in [2.05, 4.69) is 4.74 Å². The minimum absolute atomic E-state index is 0.212. The topological polar surface area (TPSA) is 33.0 Å². The second-order valence-electron chi connectivity index (χ2n) is 4.19. The molecule has 0 radical (unpaired) electrons. The van der Waals surface area contributed by atoms with Gasteiger partial charge in [0, 0.05) is 0 Å². The normalized spacial score (nSPS) is 21.4. The SMILES string of the molecule is CC(C)(C#N)C1=CCC(Cl)C(OC(F)(F)F)=C1. The molecule has 2 nitrogen and oxygen atoms in total. The maximum absolute atomic E-state index is 12.1. The molecule has 0 amide bonds. The second kappa shape index (κ2) is 4.61. The number of halogens is 4. The van der Waals surface area contributed by atoms with Gasteiger partial charge < -0.3 is 4.74 Å². The van der Waals surface area contributed by atoms with E-state index in [9.17, 15) is 13.2 Å². The molecule has 0 saturated carbocycles. The van der Waals surface area contributed by atoms with E-state index in [1.165, 1.54) is 6.08 Å². The number of alkyl halides is 4. The second-order valence-corrected chi connectivity index (χ2v) is 4.72. The Labute approximate surface area is 102 Å². The number of nitrogens with zero attached hydrogens (tertiary/aromatic N) is 1. The van der Waals surface area contributed by atoms with Crippen LogP contribution in [-0.4, -0.2) is 11.7 Å². The summed E-state index contributed by atoms with van der Waals surface area (Å²) in [6.45, 7) is 3.24. The lowest BCUT2D eigenvalue weighted by Gasteiger charge is -2.25. The number of ether oxygens (including phenoxy) is 1. The summed E-state index contributed by atoms with van der Waals surface area (Å²) >= 11 is 5.73. The summed E-state index contributed by atoms with van der Waals surface area (Å²) < 4.78 is 40.2. The van der Waals surface area contributed by atoms with Gasteiger partial charge in [0.05, 0.1) is 16.9 Å². The Kier molecular flexibility index (Phi) is 3.78. The maximum Gasteiger partial charge on any atom is 0.572 e. The minimum Gasteiger partial charge on any atom is -0.409 e. The largest absolute Gasteiger partial charge is 0.572 e. The quantitative estimate of drug-likeness (QED) is 0.710. The number of allylic oxidation sites excluding steroid dienone is 4. The predicted octanol–water partition coefficient (Wildman–Crippen LogP) is 3.89. The van der Waals surface area contributed by atoms with Crippen LogP contribution in [-0.2, 0) is 4.74 Å². The van der Waals surface area contributed by atoms with Crippen molar-refractivity contribution >= 4 is 11.6 Å². The monoisotopic (exact) mass is 265 g/mol. The summed E-state index contributed by atoms with van der Waals surface area (Å²) in [7, 11) is 0. The summed E-state index contributed by atoms with van der Waals surface area (Å²) in [5, 5.41) is 8.06. The van der Waals surface area contributed by atoms with Gasteiger partial charge in [-0.3, -0.25) is 0 Å². The zero-order valence-electron chi connectivity index (χ0n) is 9.31. The smallest absolute Gasteiger partial charge is 0.409 e. The van der Waals surface area contributed by atoms with Crippen molar-refractivity contribution in [3.8, 4) is 6.07 Å². The highest BCUT2D eigenvalue weighted by molar-refractivity contribution is 6.22. The summed E-state index contributed by atoms with van der Waals surface area (Å²) in [6, 6.07) is 2.02. The van der Waals surface area contributed by atoms with Crippen LogP contribution in [0.1, 0.15) is 20.3 Å². The summed E-state index contributed by atoms with van der Waals surface area (Å²) in [6.07, 6.45) is -1.70. The van der Waals surface area contributed by atoms with Gasteiger partial charge in [-0.05, 0) is 31.9 Å². The standard InChI is InChI=1S/C11H11ClF3NO/c1-10(2,6-16)7-3-4-8(12)9(5-7)17-11(13,14)15/h3,5,8H,4H2,1-2H3. The number of hydrogen-bond donors (Lipinski definition) is 0. The fraction of sp³-hybridized carbons (Fsp3) is 0.545. The molecule has 6 heteroatoms. The molecule has 0 aromatic rings. The molecule has 0 N–H and O–H groups in total. The molecule has 0 aliphatic heterocycles. The van der Waals surface area contributed by atoms with Crippen molar-refractivity contribution in [2.24, 2.45) is 5.41 Å². The molecule has 0 saturated heterocycles. The van der Waals surface area contributed by atoms with Crippen molar-refractivity contribution in [3.63, 3.8) is 0 Å². The average Bonchev–Trinajstić information content (AvgIpc) is 2.19. The predicted molar refractivity (Wildman–Crippen MR) is 57.0 cm³/mol. The van der Waals surface area contributed by atoms with Crippen LogP contribution >= 0.6 is 11.6 Å². The van der Waals surface area contributed by atoms with E-state index < -0.39 is 17.2 Å². The van der Waals surface area contributed by atoms with E-state index in [-0.39, 0.29) is 12.2 Å². The number of nitriles is 1. The van der Waals surface area contributed by atoms with Crippen LogP contribution in [0.2, 0.25) is 0 Å². The van der Waals surface area contributed by atoms with Gasteiger partial charge in [-0.1, -0.05) is 6.08 Å². The molecule has 94 valence electrons. The van der Waals surface area contributed by atoms with E-state index in [1.54, 1.807) is 19.9 Å². The summed E-state index contributed by atoms with van der Waals surface area (Å²) in [4.78, 5) is 0. The average molecular weight is 266 g/mol. The highest BCUT2D eigenvalue weighted by Gasteiger charge is 2.36. The van der Waals surface area contributed by atoms with Crippen LogP contribution in [0.4, 0.5) is 13.2 Å². The van der Waals surface area contributed by atoms with Crippen molar-refractivity contribution in [1.82, 2.24) is 0 Å². The molecule has 1 aliphatic rings. The third kappa shape index (κ3) is 3.67. The van der Waals surface area contributed by atoms with Gasteiger partial charge >= 0.3 is 6.36 Å². The fourth-order valence-electron chi connectivity index (χ4n) is 1.38. The van der Waals surface area contributed by atoms with E-state index in [1.807, 2.05) is 6.07 Å². The summed E-state index contributed by atoms with van der Waals surface area (Å²) in [5.41, 5.74) is -0.381. The molecule has 0 spiro atoms. The Hall–Kier alpha value is -1.15. The van der Waals surface area contributed by atoms with Crippen LogP contribution in [0, 0.1) is 16.7 Å². The highest BCUT2D eigenvalue weighted by Crippen LogP contribution is 2.36. The Bertz CT molecular complexity index is 404. The molecule has 0 aromatic heterocycles.